The summed E-state index contributed by atoms with van der Waals surface area (Å²) in [6.45, 7) is -0.981. The van der Waals surface area contributed by atoms with Gasteiger partial charge in [0, 0.05) is 28.2 Å². The SMILES string of the molecule is NC(=O)N[C@](CF)(c1cc(NC(=O)c2ccc(F)cn2)ccc1Cl)[C@H]1C[C@H]1N. The number of urea groups is 1. The van der Waals surface area contributed by atoms with Crippen LogP contribution in [0.3, 0.4) is 0 Å². The molecule has 6 N–H and O–H groups in total. The van der Waals surface area contributed by atoms with Crippen LogP contribution >= 0.6 is 11.6 Å². The number of hydrogen-bond acceptors (Lipinski definition) is 4. The second kappa shape index (κ2) is 7.69. The first kappa shape index (κ1) is 20.0. The average molecular weight is 410 g/mol. The van der Waals surface area contributed by atoms with Crippen molar-refractivity contribution in [3.63, 3.8) is 0 Å². The third-order valence-corrected chi connectivity index (χ3v) is 5.02. The first-order valence-corrected chi connectivity index (χ1v) is 8.76. The monoisotopic (exact) mass is 409 g/mol. The van der Waals surface area contributed by atoms with Crippen molar-refractivity contribution in [1.82, 2.24) is 10.3 Å². The maximum absolute atomic E-state index is 14.2. The maximum Gasteiger partial charge on any atom is 0.312 e. The number of hydrogen-bond donors (Lipinski definition) is 4. The third-order valence-electron chi connectivity index (χ3n) is 4.69. The highest BCUT2D eigenvalue weighted by Crippen LogP contribution is 2.47. The summed E-state index contributed by atoms with van der Waals surface area (Å²) in [6.07, 6.45) is 1.40. The molecule has 3 atom stereocenters. The number of pyridine rings is 1. The lowest BCUT2D eigenvalue weighted by atomic mass is 9.85. The van der Waals surface area contributed by atoms with Crippen molar-refractivity contribution in [1.29, 1.82) is 0 Å². The number of aromatic nitrogens is 1. The number of alkyl halides is 1. The molecule has 1 aliphatic carbocycles. The highest BCUT2D eigenvalue weighted by atomic mass is 35.5. The second-order valence-electron chi connectivity index (χ2n) is 6.61. The molecular formula is C18H18ClF2N5O2. The van der Waals surface area contributed by atoms with E-state index in [1.807, 2.05) is 0 Å². The van der Waals surface area contributed by atoms with E-state index in [-0.39, 0.29) is 28.0 Å². The van der Waals surface area contributed by atoms with Crippen molar-refractivity contribution in [2.75, 3.05) is 12.0 Å². The normalized spacial score (nSPS) is 20.1. The number of carbonyl (C=O) groups excluding carboxylic acids is 2. The van der Waals surface area contributed by atoms with Gasteiger partial charge in [-0.15, -0.1) is 0 Å². The molecule has 1 saturated carbocycles. The maximum atomic E-state index is 14.2. The molecule has 2 aromatic rings. The molecule has 1 aromatic heterocycles. The summed E-state index contributed by atoms with van der Waals surface area (Å²) in [6, 6.07) is 5.52. The number of amides is 3. The van der Waals surface area contributed by atoms with Crippen molar-refractivity contribution in [2.24, 2.45) is 17.4 Å². The number of halogens is 3. The predicted molar refractivity (Wildman–Crippen MR) is 100 cm³/mol. The number of rotatable bonds is 6. The van der Waals surface area contributed by atoms with E-state index >= 15 is 0 Å². The predicted octanol–water partition coefficient (Wildman–Crippen LogP) is 2.31. The second-order valence-corrected chi connectivity index (χ2v) is 7.02. The molecule has 10 heteroatoms. The molecule has 0 saturated heterocycles. The van der Waals surface area contributed by atoms with Gasteiger partial charge in [-0.05, 0) is 36.8 Å². The Hall–Kier alpha value is -2.78. The smallest absolute Gasteiger partial charge is 0.312 e. The van der Waals surface area contributed by atoms with Crippen molar-refractivity contribution >= 4 is 29.2 Å². The van der Waals surface area contributed by atoms with Crippen molar-refractivity contribution in [2.45, 2.75) is 18.0 Å². The summed E-state index contributed by atoms with van der Waals surface area (Å²) in [5.41, 5.74) is 10.2. The highest BCUT2D eigenvalue weighted by Gasteiger charge is 2.54. The molecule has 3 amide bonds. The van der Waals surface area contributed by atoms with E-state index in [0.29, 0.717) is 6.42 Å². The fourth-order valence-corrected chi connectivity index (χ4v) is 3.50. The third kappa shape index (κ3) is 3.90. The van der Waals surface area contributed by atoms with E-state index in [4.69, 9.17) is 23.1 Å². The molecule has 0 bridgehead atoms. The van der Waals surface area contributed by atoms with E-state index in [1.165, 1.54) is 24.3 Å². The molecule has 0 unspecified atom stereocenters. The molecule has 0 spiro atoms. The highest BCUT2D eigenvalue weighted by molar-refractivity contribution is 6.31. The van der Waals surface area contributed by atoms with Crippen molar-refractivity contribution in [3.8, 4) is 0 Å². The summed E-state index contributed by atoms with van der Waals surface area (Å²) >= 11 is 6.27. The summed E-state index contributed by atoms with van der Waals surface area (Å²) in [5.74, 6) is -1.56. The van der Waals surface area contributed by atoms with E-state index < -0.39 is 35.9 Å². The molecule has 28 heavy (non-hydrogen) atoms. The summed E-state index contributed by atoms with van der Waals surface area (Å²) < 4.78 is 27.1. The van der Waals surface area contributed by atoms with Crippen LogP contribution in [-0.2, 0) is 5.54 Å². The van der Waals surface area contributed by atoms with Crippen molar-refractivity contribution in [3.05, 3.63) is 58.6 Å². The Bertz CT molecular complexity index is 911. The fraction of sp³-hybridized carbons (Fsp3) is 0.278. The Labute approximate surface area is 164 Å². The standard InChI is InChI=1S/C18H18ClF2N5O2/c19-13-3-2-10(25-16(27)15-4-1-9(21)7-24-15)5-11(13)18(8-20,26-17(23)28)12-6-14(12)22/h1-5,7,12,14H,6,8,22H2,(H,25,27)(H3,23,26,28)/t12-,14+,18+/m0/s1. The van der Waals surface area contributed by atoms with Gasteiger partial charge in [-0.2, -0.15) is 0 Å². The van der Waals surface area contributed by atoms with Gasteiger partial charge >= 0.3 is 6.03 Å². The molecule has 1 heterocycles. The number of carbonyl (C=O) groups is 2. The van der Waals surface area contributed by atoms with Gasteiger partial charge in [0.15, 0.2) is 0 Å². The van der Waals surface area contributed by atoms with Crippen LogP contribution in [0.15, 0.2) is 36.5 Å². The number of nitrogens with two attached hydrogens (primary N) is 2. The topological polar surface area (TPSA) is 123 Å². The molecule has 1 aromatic carbocycles. The summed E-state index contributed by atoms with van der Waals surface area (Å²) in [4.78, 5) is 27.5. The Balaban J connectivity index is 1.94. The van der Waals surface area contributed by atoms with E-state index in [2.05, 4.69) is 15.6 Å². The number of nitrogens with zero attached hydrogens (tertiary/aromatic N) is 1. The quantitative estimate of drug-likeness (QED) is 0.584. The van der Waals surface area contributed by atoms with Gasteiger partial charge in [0.2, 0.25) is 0 Å². The molecule has 1 aliphatic rings. The number of anilines is 1. The van der Waals surface area contributed by atoms with Gasteiger partial charge in [-0.25, -0.2) is 18.6 Å². The largest absolute Gasteiger partial charge is 0.352 e. The first-order valence-electron chi connectivity index (χ1n) is 8.39. The molecule has 3 rings (SSSR count). The fourth-order valence-electron chi connectivity index (χ4n) is 3.22. The summed E-state index contributed by atoms with van der Waals surface area (Å²) in [7, 11) is 0. The van der Waals surface area contributed by atoms with Crippen LogP contribution in [0.5, 0.6) is 0 Å². The minimum Gasteiger partial charge on any atom is -0.352 e. The van der Waals surface area contributed by atoms with Gasteiger partial charge in [0.1, 0.15) is 23.7 Å². The van der Waals surface area contributed by atoms with Crippen LogP contribution in [0.25, 0.3) is 0 Å². The lowest BCUT2D eigenvalue weighted by Gasteiger charge is -2.33. The average Bonchev–Trinajstić information content (AvgIpc) is 3.39. The van der Waals surface area contributed by atoms with Crippen LogP contribution < -0.4 is 22.1 Å². The van der Waals surface area contributed by atoms with Crippen LogP contribution in [0.4, 0.5) is 19.3 Å². The minimum atomic E-state index is -1.50. The van der Waals surface area contributed by atoms with Gasteiger partial charge in [-0.3, -0.25) is 4.79 Å². The summed E-state index contributed by atoms with van der Waals surface area (Å²) in [5, 5.41) is 5.21. The lowest BCUT2D eigenvalue weighted by Crippen LogP contribution is -2.52. The zero-order valence-corrected chi connectivity index (χ0v) is 15.3. The van der Waals surface area contributed by atoms with Crippen LogP contribution in [0.1, 0.15) is 22.5 Å². The Morgan fingerprint density at radius 3 is 2.57 bits per heavy atom. The molecule has 0 radical (unpaired) electrons. The number of nitrogens with one attached hydrogen (secondary N) is 2. The molecule has 1 fully saturated rings. The van der Waals surface area contributed by atoms with E-state index in [0.717, 1.165) is 12.3 Å². The molecule has 0 aliphatic heterocycles. The van der Waals surface area contributed by atoms with Gasteiger partial charge in [-0.1, -0.05) is 11.6 Å². The zero-order chi connectivity index (χ0) is 20.5. The van der Waals surface area contributed by atoms with Crippen LogP contribution in [-0.4, -0.2) is 29.6 Å². The van der Waals surface area contributed by atoms with E-state index in [9.17, 15) is 18.4 Å². The van der Waals surface area contributed by atoms with Crippen molar-refractivity contribution < 1.29 is 18.4 Å². The number of benzene rings is 1. The molecular weight excluding hydrogens is 392 g/mol. The zero-order valence-electron chi connectivity index (χ0n) is 14.6. The van der Waals surface area contributed by atoms with Gasteiger partial charge in [0.05, 0.1) is 6.20 Å². The Morgan fingerprint density at radius 1 is 1.32 bits per heavy atom. The van der Waals surface area contributed by atoms with Gasteiger partial charge < -0.3 is 22.1 Å². The molecule has 7 nitrogen and oxygen atoms in total. The van der Waals surface area contributed by atoms with Crippen LogP contribution in [0, 0.1) is 11.7 Å². The lowest BCUT2D eigenvalue weighted by molar-refractivity contribution is 0.102. The Morgan fingerprint density at radius 2 is 2.04 bits per heavy atom. The van der Waals surface area contributed by atoms with Gasteiger partial charge in [0.25, 0.3) is 5.91 Å². The van der Waals surface area contributed by atoms with Crippen LogP contribution in [0.2, 0.25) is 5.02 Å². The minimum absolute atomic E-state index is 0.00543. The Kier molecular flexibility index (Phi) is 5.48. The first-order chi connectivity index (χ1) is 13.3. The molecule has 148 valence electrons. The van der Waals surface area contributed by atoms with E-state index in [1.54, 1.807) is 0 Å². The number of primary amides is 1.